The van der Waals surface area contributed by atoms with E-state index in [0.29, 0.717) is 5.56 Å². The third-order valence-corrected chi connectivity index (χ3v) is 4.09. The van der Waals surface area contributed by atoms with Crippen molar-refractivity contribution >= 4 is 29.2 Å². The maximum atomic E-state index is 11.8. The van der Waals surface area contributed by atoms with Crippen molar-refractivity contribution in [1.29, 1.82) is 0 Å². The third kappa shape index (κ3) is 6.10. The summed E-state index contributed by atoms with van der Waals surface area (Å²) >= 11 is 0. The van der Waals surface area contributed by atoms with Gasteiger partial charge in [0.1, 0.15) is 5.75 Å². The number of carbonyl (C=O) groups excluding carboxylic acids is 1. The Bertz CT molecular complexity index is 1150. The van der Waals surface area contributed by atoms with Crippen molar-refractivity contribution < 1.29 is 19.4 Å². The Kier molecular flexibility index (Phi) is 7.05. The van der Waals surface area contributed by atoms with E-state index in [-0.39, 0.29) is 24.0 Å². The highest BCUT2D eigenvalue weighted by atomic mass is 16.6. The number of carbonyl (C=O) groups is 1. The number of nitro groups is 2. The SMILES string of the molecule is O=C(CNc1ccccc1)N/N=C\c1ccc(Oc2ccc([N+](=O)[O-])cc2[N+](=O)[O-])cc1. The molecule has 0 saturated heterocycles. The molecule has 0 aliphatic heterocycles. The second-order valence-electron chi connectivity index (χ2n) is 6.35. The van der Waals surface area contributed by atoms with Gasteiger partial charge in [-0.1, -0.05) is 18.2 Å². The Morgan fingerprint density at radius 1 is 0.969 bits per heavy atom. The van der Waals surface area contributed by atoms with E-state index in [1.54, 1.807) is 24.3 Å². The molecule has 11 nitrogen and oxygen atoms in total. The molecule has 32 heavy (non-hydrogen) atoms. The molecule has 2 N–H and O–H groups in total. The largest absolute Gasteiger partial charge is 0.450 e. The van der Waals surface area contributed by atoms with Gasteiger partial charge in [0, 0.05) is 11.8 Å². The van der Waals surface area contributed by atoms with Crippen molar-refractivity contribution in [2.24, 2.45) is 5.10 Å². The van der Waals surface area contributed by atoms with Crippen LogP contribution in [0.15, 0.2) is 77.9 Å². The van der Waals surface area contributed by atoms with Gasteiger partial charge < -0.3 is 10.1 Å². The minimum atomic E-state index is -0.751. The fourth-order valence-electron chi connectivity index (χ4n) is 2.55. The number of nitrogens with one attached hydrogen (secondary N) is 2. The number of ether oxygens (including phenoxy) is 1. The average molecular weight is 435 g/mol. The van der Waals surface area contributed by atoms with Gasteiger partial charge in [0.05, 0.1) is 28.7 Å². The quantitative estimate of drug-likeness (QED) is 0.294. The van der Waals surface area contributed by atoms with Crippen LogP contribution in [0.2, 0.25) is 0 Å². The molecule has 0 aliphatic rings. The summed E-state index contributed by atoms with van der Waals surface area (Å²) in [5, 5.41) is 28.8. The maximum absolute atomic E-state index is 11.8. The zero-order chi connectivity index (χ0) is 22.9. The van der Waals surface area contributed by atoms with Crippen LogP contribution in [0, 0.1) is 20.2 Å². The summed E-state index contributed by atoms with van der Waals surface area (Å²) in [6.07, 6.45) is 1.43. The fourth-order valence-corrected chi connectivity index (χ4v) is 2.55. The minimum absolute atomic E-state index is 0.0577. The standard InChI is InChI=1S/C21H17N5O6/c27-21(14-22-16-4-2-1-3-5-16)24-23-13-15-6-9-18(10-7-15)32-20-11-8-17(25(28)29)12-19(20)26(30)31/h1-13,22H,14H2,(H,24,27)/b23-13-. The van der Waals surface area contributed by atoms with Crippen LogP contribution < -0.4 is 15.5 Å². The highest BCUT2D eigenvalue weighted by molar-refractivity contribution is 5.84. The Morgan fingerprint density at radius 3 is 2.34 bits per heavy atom. The number of amides is 1. The predicted octanol–water partition coefficient (Wildman–Crippen LogP) is 3.86. The second kappa shape index (κ2) is 10.3. The maximum Gasteiger partial charge on any atom is 0.318 e. The molecule has 162 valence electrons. The highest BCUT2D eigenvalue weighted by Crippen LogP contribution is 2.34. The van der Waals surface area contributed by atoms with Gasteiger partial charge >= 0.3 is 5.69 Å². The molecule has 11 heteroatoms. The smallest absolute Gasteiger partial charge is 0.318 e. The summed E-state index contributed by atoms with van der Waals surface area (Å²) in [4.78, 5) is 32.3. The fraction of sp³-hybridized carbons (Fsp3) is 0.0476. The molecule has 0 aromatic heterocycles. The molecule has 0 spiro atoms. The first-order chi connectivity index (χ1) is 15.4. The Balaban J connectivity index is 1.56. The van der Waals surface area contributed by atoms with Crippen molar-refractivity contribution in [2.75, 3.05) is 11.9 Å². The van der Waals surface area contributed by atoms with Crippen LogP contribution in [-0.4, -0.2) is 28.5 Å². The molecule has 0 radical (unpaired) electrons. The van der Waals surface area contributed by atoms with Crippen molar-refractivity contribution in [1.82, 2.24) is 5.43 Å². The number of hydrogen-bond acceptors (Lipinski definition) is 8. The predicted molar refractivity (Wildman–Crippen MR) is 117 cm³/mol. The molecule has 3 aromatic carbocycles. The van der Waals surface area contributed by atoms with Crippen LogP contribution in [0.1, 0.15) is 5.56 Å². The lowest BCUT2D eigenvalue weighted by Crippen LogP contribution is -2.25. The lowest BCUT2D eigenvalue weighted by Gasteiger charge is -2.06. The summed E-state index contributed by atoms with van der Waals surface area (Å²) in [5.74, 6) is -0.161. The molecule has 0 bridgehead atoms. The van der Waals surface area contributed by atoms with Crippen LogP contribution >= 0.6 is 0 Å². The molecule has 0 saturated carbocycles. The molecule has 0 fully saturated rings. The molecule has 0 unspecified atom stereocenters. The van der Waals surface area contributed by atoms with E-state index in [1.807, 2.05) is 30.3 Å². The number of para-hydroxylation sites is 1. The molecule has 0 atom stereocenters. The number of nitro benzene ring substituents is 2. The van der Waals surface area contributed by atoms with Gasteiger partial charge in [-0.3, -0.25) is 25.0 Å². The lowest BCUT2D eigenvalue weighted by molar-refractivity contribution is -0.394. The summed E-state index contributed by atoms with van der Waals surface area (Å²) in [7, 11) is 0. The minimum Gasteiger partial charge on any atom is -0.450 e. The zero-order valence-corrected chi connectivity index (χ0v) is 16.5. The number of nitrogens with zero attached hydrogens (tertiary/aromatic N) is 3. The van der Waals surface area contributed by atoms with Crippen LogP contribution in [0.4, 0.5) is 17.1 Å². The van der Waals surface area contributed by atoms with Gasteiger partial charge in [-0.2, -0.15) is 5.10 Å². The monoisotopic (exact) mass is 435 g/mol. The number of hydrazone groups is 1. The zero-order valence-electron chi connectivity index (χ0n) is 16.5. The first-order valence-corrected chi connectivity index (χ1v) is 9.24. The number of non-ortho nitro benzene ring substituents is 1. The normalized spacial score (nSPS) is 10.5. The van der Waals surface area contributed by atoms with Crippen molar-refractivity contribution in [3.8, 4) is 11.5 Å². The summed E-state index contributed by atoms with van der Waals surface area (Å²) in [5.41, 5.74) is 2.93. The Labute approximate surface area is 181 Å². The van der Waals surface area contributed by atoms with Crippen molar-refractivity contribution in [3.05, 3.63) is 98.6 Å². The molecular formula is C21H17N5O6. The van der Waals surface area contributed by atoms with Crippen LogP contribution in [-0.2, 0) is 4.79 Å². The molecule has 0 heterocycles. The molecule has 3 rings (SSSR count). The molecular weight excluding hydrogens is 418 g/mol. The van der Waals surface area contributed by atoms with Gasteiger partial charge in [0.25, 0.3) is 11.6 Å². The van der Waals surface area contributed by atoms with Crippen LogP contribution in [0.25, 0.3) is 0 Å². The summed E-state index contributed by atoms with van der Waals surface area (Å²) in [6, 6.07) is 18.7. The first kappa shape index (κ1) is 21.9. The van der Waals surface area contributed by atoms with Crippen LogP contribution in [0.3, 0.4) is 0 Å². The van der Waals surface area contributed by atoms with E-state index in [2.05, 4.69) is 15.8 Å². The first-order valence-electron chi connectivity index (χ1n) is 9.24. The van der Waals surface area contributed by atoms with E-state index in [1.165, 1.54) is 12.3 Å². The number of anilines is 1. The Hall–Kier alpha value is -4.80. The summed E-state index contributed by atoms with van der Waals surface area (Å²) in [6.45, 7) is 0.0577. The van der Waals surface area contributed by atoms with Gasteiger partial charge in [-0.05, 0) is 48.0 Å². The molecule has 0 aliphatic carbocycles. The van der Waals surface area contributed by atoms with Crippen molar-refractivity contribution in [2.45, 2.75) is 0 Å². The molecule has 3 aromatic rings. The van der Waals surface area contributed by atoms with E-state index in [0.717, 1.165) is 17.8 Å². The highest BCUT2D eigenvalue weighted by Gasteiger charge is 2.21. The summed E-state index contributed by atoms with van der Waals surface area (Å²) < 4.78 is 5.49. The number of benzene rings is 3. The van der Waals surface area contributed by atoms with Gasteiger partial charge in [-0.25, -0.2) is 5.43 Å². The van der Waals surface area contributed by atoms with Gasteiger partial charge in [0.2, 0.25) is 5.75 Å². The van der Waals surface area contributed by atoms with Crippen LogP contribution in [0.5, 0.6) is 11.5 Å². The number of hydrogen-bond donors (Lipinski definition) is 2. The third-order valence-electron chi connectivity index (χ3n) is 4.09. The topological polar surface area (TPSA) is 149 Å². The van der Waals surface area contributed by atoms with Gasteiger partial charge in [-0.15, -0.1) is 0 Å². The van der Waals surface area contributed by atoms with Crippen molar-refractivity contribution in [3.63, 3.8) is 0 Å². The van der Waals surface area contributed by atoms with E-state index in [9.17, 15) is 25.0 Å². The van der Waals surface area contributed by atoms with E-state index < -0.39 is 21.2 Å². The second-order valence-corrected chi connectivity index (χ2v) is 6.35. The van der Waals surface area contributed by atoms with Gasteiger partial charge in [0.15, 0.2) is 0 Å². The lowest BCUT2D eigenvalue weighted by atomic mass is 10.2. The average Bonchev–Trinajstić information content (AvgIpc) is 2.79. The number of rotatable bonds is 9. The molecule has 1 amide bonds. The van der Waals surface area contributed by atoms with E-state index in [4.69, 9.17) is 4.74 Å². The Morgan fingerprint density at radius 2 is 1.69 bits per heavy atom. The van der Waals surface area contributed by atoms with E-state index >= 15 is 0 Å².